The molecule has 2 atom stereocenters. The topological polar surface area (TPSA) is 96.7 Å². The van der Waals surface area contributed by atoms with Gasteiger partial charge in [-0.25, -0.2) is 14.4 Å². The molecule has 1 amide bonds. The Morgan fingerprint density at radius 1 is 1.24 bits per heavy atom. The van der Waals surface area contributed by atoms with Gasteiger partial charge in [0, 0.05) is 42.8 Å². The molecule has 2 unspecified atom stereocenters. The molecule has 0 spiro atoms. The normalized spacial score (nSPS) is 22.1. The second-order valence-electron chi connectivity index (χ2n) is 8.72. The average Bonchev–Trinajstić information content (AvgIpc) is 3.29. The lowest BCUT2D eigenvalue weighted by Gasteiger charge is -2.39. The number of piperidine rings is 1. The van der Waals surface area contributed by atoms with Crippen LogP contribution < -0.4 is 20.3 Å². The van der Waals surface area contributed by atoms with Crippen molar-refractivity contribution in [2.45, 2.75) is 57.7 Å². The van der Waals surface area contributed by atoms with Gasteiger partial charge in [-0.1, -0.05) is 0 Å². The number of rotatable bonds is 6. The van der Waals surface area contributed by atoms with E-state index >= 15 is 0 Å². The SMILES string of the molecule is CCOc1nc(N2C3CCC2CC(NC)C3)ncc1C(=O)Nc1cc(F)c2nc(C)cn2c1. The smallest absolute Gasteiger partial charge is 0.262 e. The average molecular weight is 454 g/mol. The maximum absolute atomic E-state index is 14.4. The van der Waals surface area contributed by atoms with E-state index in [0.29, 0.717) is 42.1 Å². The van der Waals surface area contributed by atoms with E-state index in [-0.39, 0.29) is 17.1 Å². The van der Waals surface area contributed by atoms with Crippen molar-refractivity contribution in [2.75, 3.05) is 23.9 Å². The highest BCUT2D eigenvalue weighted by Crippen LogP contribution is 2.38. The number of pyridine rings is 1. The van der Waals surface area contributed by atoms with Crippen molar-refractivity contribution in [1.82, 2.24) is 24.7 Å². The number of hydrogen-bond acceptors (Lipinski definition) is 7. The molecule has 2 saturated heterocycles. The van der Waals surface area contributed by atoms with Crippen molar-refractivity contribution >= 4 is 23.2 Å². The Labute approximate surface area is 191 Å². The Bertz CT molecular complexity index is 1180. The van der Waals surface area contributed by atoms with Gasteiger partial charge in [0.2, 0.25) is 11.8 Å². The predicted octanol–water partition coefficient (Wildman–Crippen LogP) is 2.94. The molecule has 0 aromatic carbocycles. The number of nitrogens with zero attached hydrogens (tertiary/aromatic N) is 5. The first-order valence-corrected chi connectivity index (χ1v) is 11.4. The Balaban J connectivity index is 1.41. The molecule has 2 aliphatic rings. The van der Waals surface area contributed by atoms with Gasteiger partial charge in [0.1, 0.15) is 5.56 Å². The fourth-order valence-electron chi connectivity index (χ4n) is 5.07. The van der Waals surface area contributed by atoms with Crippen LogP contribution >= 0.6 is 0 Å². The number of hydrogen-bond donors (Lipinski definition) is 2. The van der Waals surface area contributed by atoms with Gasteiger partial charge >= 0.3 is 0 Å². The van der Waals surface area contributed by atoms with Crippen LogP contribution in [0.4, 0.5) is 16.0 Å². The molecule has 2 N–H and O–H groups in total. The van der Waals surface area contributed by atoms with Gasteiger partial charge in [-0.3, -0.25) is 4.79 Å². The second kappa shape index (κ2) is 8.58. The molecule has 0 saturated carbocycles. The van der Waals surface area contributed by atoms with Crippen LogP contribution in [0.15, 0.2) is 24.7 Å². The zero-order chi connectivity index (χ0) is 23.1. The maximum atomic E-state index is 14.4. The van der Waals surface area contributed by atoms with Crippen LogP contribution in [0.1, 0.15) is 48.7 Å². The summed E-state index contributed by atoms with van der Waals surface area (Å²) in [5.41, 5.74) is 1.42. The fourth-order valence-corrected chi connectivity index (χ4v) is 5.07. The molecule has 0 aliphatic carbocycles. The highest BCUT2D eigenvalue weighted by atomic mass is 19.1. The number of fused-ring (bicyclic) bond motifs is 3. The van der Waals surface area contributed by atoms with Crippen LogP contribution in [0.3, 0.4) is 0 Å². The van der Waals surface area contributed by atoms with E-state index in [1.165, 1.54) is 12.3 Å². The number of aryl methyl sites for hydroxylation is 1. The van der Waals surface area contributed by atoms with Crippen molar-refractivity contribution < 1.29 is 13.9 Å². The van der Waals surface area contributed by atoms with Gasteiger partial charge in [0.25, 0.3) is 5.91 Å². The minimum atomic E-state index is -0.516. The van der Waals surface area contributed by atoms with E-state index in [2.05, 4.69) is 30.5 Å². The molecule has 10 heteroatoms. The van der Waals surface area contributed by atoms with Gasteiger partial charge in [-0.05, 0) is 46.6 Å². The number of carbonyl (C=O) groups excluding carboxylic acids is 1. The van der Waals surface area contributed by atoms with Gasteiger partial charge in [0.15, 0.2) is 11.5 Å². The summed E-state index contributed by atoms with van der Waals surface area (Å²) >= 11 is 0. The van der Waals surface area contributed by atoms with Gasteiger partial charge in [0.05, 0.1) is 18.0 Å². The number of nitrogens with one attached hydrogen (secondary N) is 2. The third-order valence-corrected chi connectivity index (χ3v) is 6.52. The van der Waals surface area contributed by atoms with Crippen LogP contribution in [-0.2, 0) is 0 Å². The Kier molecular flexibility index (Phi) is 5.61. The summed E-state index contributed by atoms with van der Waals surface area (Å²) in [7, 11) is 2.01. The molecule has 3 aromatic rings. The van der Waals surface area contributed by atoms with Crippen molar-refractivity contribution in [3.8, 4) is 5.88 Å². The monoisotopic (exact) mass is 453 g/mol. The first kappa shape index (κ1) is 21.6. The highest BCUT2D eigenvalue weighted by molar-refractivity contribution is 6.05. The first-order valence-electron chi connectivity index (χ1n) is 11.4. The standard InChI is InChI=1S/C23H28FN7O2/c1-4-33-22-18(21(32)28-15-9-19(24)20-27-13(2)11-30(20)12-15)10-26-23(29-22)31-16-5-6-17(31)8-14(7-16)25-3/h9-12,14,16-17,25H,4-8H2,1-3H3,(H,28,32). The summed E-state index contributed by atoms with van der Waals surface area (Å²) in [6, 6.07) is 2.51. The number of halogens is 1. The van der Waals surface area contributed by atoms with Gasteiger partial charge < -0.3 is 24.7 Å². The van der Waals surface area contributed by atoms with Crippen molar-refractivity contribution in [1.29, 1.82) is 0 Å². The predicted molar refractivity (Wildman–Crippen MR) is 122 cm³/mol. The quantitative estimate of drug-likeness (QED) is 0.592. The van der Waals surface area contributed by atoms with Crippen molar-refractivity contribution in [2.24, 2.45) is 0 Å². The number of anilines is 2. The summed E-state index contributed by atoms with van der Waals surface area (Å²) in [5.74, 6) is -0.149. The minimum Gasteiger partial charge on any atom is -0.477 e. The summed E-state index contributed by atoms with van der Waals surface area (Å²) in [4.78, 5) is 28.6. The van der Waals surface area contributed by atoms with E-state index in [9.17, 15) is 9.18 Å². The molecule has 5 heterocycles. The maximum Gasteiger partial charge on any atom is 0.262 e. The molecule has 0 radical (unpaired) electrons. The zero-order valence-electron chi connectivity index (χ0n) is 19.0. The van der Waals surface area contributed by atoms with E-state index in [1.54, 1.807) is 23.7 Å². The summed E-state index contributed by atoms with van der Waals surface area (Å²) in [5, 5.41) is 6.13. The van der Waals surface area contributed by atoms with Crippen LogP contribution in [0.2, 0.25) is 0 Å². The van der Waals surface area contributed by atoms with Crippen LogP contribution in [0.5, 0.6) is 5.88 Å². The zero-order valence-corrected chi connectivity index (χ0v) is 19.0. The first-order chi connectivity index (χ1) is 16.0. The summed E-state index contributed by atoms with van der Waals surface area (Å²) in [6.07, 6.45) is 9.14. The molecule has 9 nitrogen and oxygen atoms in total. The lowest BCUT2D eigenvalue weighted by molar-refractivity contribution is 0.102. The third kappa shape index (κ3) is 3.99. The largest absolute Gasteiger partial charge is 0.477 e. The number of aromatic nitrogens is 4. The number of imidazole rings is 1. The van der Waals surface area contributed by atoms with Crippen LogP contribution in [0, 0.1) is 12.7 Å². The summed E-state index contributed by atoms with van der Waals surface area (Å²) < 4.78 is 21.7. The number of amides is 1. The fraction of sp³-hybridized carbons (Fsp3) is 0.478. The molecular weight excluding hydrogens is 425 g/mol. The lowest BCUT2D eigenvalue weighted by atomic mass is 9.98. The highest BCUT2D eigenvalue weighted by Gasteiger charge is 2.42. The number of ether oxygens (including phenoxy) is 1. The van der Waals surface area contributed by atoms with E-state index in [4.69, 9.17) is 4.74 Å². The lowest BCUT2D eigenvalue weighted by Crippen LogP contribution is -2.49. The molecule has 174 valence electrons. The van der Waals surface area contributed by atoms with E-state index in [0.717, 1.165) is 25.7 Å². The van der Waals surface area contributed by atoms with Crippen LogP contribution in [0.25, 0.3) is 5.65 Å². The molecule has 2 aliphatic heterocycles. The van der Waals surface area contributed by atoms with E-state index < -0.39 is 11.7 Å². The molecular formula is C23H28FN7O2. The van der Waals surface area contributed by atoms with Crippen LogP contribution in [-0.4, -0.2) is 57.0 Å². The Morgan fingerprint density at radius 3 is 2.70 bits per heavy atom. The summed E-state index contributed by atoms with van der Waals surface area (Å²) in [6.45, 7) is 3.99. The van der Waals surface area contributed by atoms with Gasteiger partial charge in [-0.2, -0.15) is 4.98 Å². The Hall–Kier alpha value is -3.27. The van der Waals surface area contributed by atoms with Crippen molar-refractivity contribution in [3.63, 3.8) is 0 Å². The third-order valence-electron chi connectivity index (χ3n) is 6.52. The number of carbonyl (C=O) groups is 1. The molecule has 5 rings (SSSR count). The Morgan fingerprint density at radius 2 is 2.00 bits per heavy atom. The second-order valence-corrected chi connectivity index (χ2v) is 8.72. The molecule has 33 heavy (non-hydrogen) atoms. The van der Waals surface area contributed by atoms with E-state index in [1.807, 2.05) is 14.0 Å². The molecule has 2 fully saturated rings. The molecule has 3 aromatic heterocycles. The van der Waals surface area contributed by atoms with Gasteiger partial charge in [-0.15, -0.1) is 0 Å². The molecule has 2 bridgehead atoms. The van der Waals surface area contributed by atoms with Crippen molar-refractivity contribution in [3.05, 3.63) is 41.7 Å². The minimum absolute atomic E-state index is 0.209.